The lowest BCUT2D eigenvalue weighted by Crippen LogP contribution is -2.39. The fraction of sp³-hybridized carbons (Fsp3) is 0.400. The number of carboxylic acids is 1. The molecule has 0 spiro atoms. The minimum absolute atomic E-state index is 0.101. The molecule has 1 aromatic heterocycles. The molecule has 4 rings (SSSR count). The molecule has 2 N–H and O–H groups in total. The molecule has 1 aliphatic heterocycles. The van der Waals surface area contributed by atoms with E-state index in [-0.39, 0.29) is 11.5 Å². The van der Waals surface area contributed by atoms with Crippen LogP contribution in [0.15, 0.2) is 42.5 Å². The van der Waals surface area contributed by atoms with E-state index in [1.807, 2.05) is 42.2 Å². The highest BCUT2D eigenvalue weighted by Crippen LogP contribution is 2.48. The zero-order valence-electron chi connectivity index (χ0n) is 14.2. The Kier molecular flexibility index (Phi) is 3.76. The van der Waals surface area contributed by atoms with Crippen molar-refractivity contribution in [2.45, 2.75) is 25.4 Å². The average Bonchev–Trinajstić information content (AvgIpc) is 3.42. The van der Waals surface area contributed by atoms with Crippen LogP contribution in [0.4, 0.5) is 5.82 Å². The number of aromatic nitrogens is 1. The summed E-state index contributed by atoms with van der Waals surface area (Å²) in [7, 11) is 0. The summed E-state index contributed by atoms with van der Waals surface area (Å²) in [6, 6.07) is 13.1. The lowest BCUT2D eigenvalue weighted by atomic mass is 9.88. The van der Waals surface area contributed by atoms with E-state index in [1.165, 1.54) is 0 Å². The molecule has 2 unspecified atom stereocenters. The number of rotatable bonds is 4. The number of hydrogen-bond acceptors (Lipinski definition) is 4. The van der Waals surface area contributed by atoms with E-state index in [4.69, 9.17) is 0 Å². The van der Waals surface area contributed by atoms with Crippen molar-refractivity contribution in [1.82, 2.24) is 4.98 Å². The van der Waals surface area contributed by atoms with Crippen LogP contribution in [0, 0.1) is 11.8 Å². The number of nitrogens with zero attached hydrogens (tertiary/aromatic N) is 2. The Balaban J connectivity index is 1.73. The zero-order valence-corrected chi connectivity index (χ0v) is 14.2. The summed E-state index contributed by atoms with van der Waals surface area (Å²) in [6.07, 6.45) is 2.11. The minimum atomic E-state index is -0.989. The van der Waals surface area contributed by atoms with Gasteiger partial charge in [0.15, 0.2) is 0 Å². The molecule has 1 saturated heterocycles. The van der Waals surface area contributed by atoms with Crippen LogP contribution in [0.2, 0.25) is 0 Å². The molecule has 2 fully saturated rings. The smallest absolute Gasteiger partial charge is 0.339 e. The topological polar surface area (TPSA) is 73.7 Å². The standard InChI is InChI=1S/C20H22N2O3/c1-13-11-22(12-20(13,25)15-7-8-15)18-16(19(23)24)9-10-17(21-18)14-5-3-2-4-6-14/h2-6,9-10,13,15,25H,7-8,11-12H2,1H3,(H,23,24). The molecule has 0 amide bonds. The molecular weight excluding hydrogens is 316 g/mol. The monoisotopic (exact) mass is 338 g/mol. The SMILES string of the molecule is CC1CN(c2nc(-c3ccccc3)ccc2C(=O)O)CC1(O)C1CC1. The Labute approximate surface area is 146 Å². The summed E-state index contributed by atoms with van der Waals surface area (Å²) in [5.41, 5.74) is 1.15. The van der Waals surface area contributed by atoms with Crippen molar-refractivity contribution < 1.29 is 15.0 Å². The number of carboxylic acid groups (broad SMARTS) is 1. The number of pyridine rings is 1. The number of anilines is 1. The normalized spacial score (nSPS) is 26.0. The maximum Gasteiger partial charge on any atom is 0.339 e. The first kappa shape index (κ1) is 16.1. The molecule has 1 aromatic carbocycles. The van der Waals surface area contributed by atoms with Crippen molar-refractivity contribution in [1.29, 1.82) is 0 Å². The summed E-state index contributed by atoms with van der Waals surface area (Å²) in [6.45, 7) is 3.11. The summed E-state index contributed by atoms with van der Waals surface area (Å²) in [5.74, 6) is -0.101. The molecule has 130 valence electrons. The second-order valence-corrected chi connectivity index (χ2v) is 7.29. The van der Waals surface area contributed by atoms with Gasteiger partial charge in [-0.2, -0.15) is 0 Å². The zero-order chi connectivity index (χ0) is 17.6. The predicted molar refractivity (Wildman–Crippen MR) is 95.7 cm³/mol. The van der Waals surface area contributed by atoms with Gasteiger partial charge in [0.25, 0.3) is 0 Å². The molecule has 2 atom stereocenters. The first-order valence-electron chi connectivity index (χ1n) is 8.76. The van der Waals surface area contributed by atoms with Crippen molar-refractivity contribution in [2.24, 2.45) is 11.8 Å². The fourth-order valence-electron chi connectivity index (χ4n) is 3.92. The van der Waals surface area contributed by atoms with Gasteiger partial charge in [-0.15, -0.1) is 0 Å². The number of β-amino-alcohol motifs (C(OH)–C–C–N with tert-alkyl or cyclic N) is 1. The first-order chi connectivity index (χ1) is 12.0. The third-order valence-electron chi connectivity index (χ3n) is 5.55. The van der Waals surface area contributed by atoms with Gasteiger partial charge in [-0.05, 0) is 30.9 Å². The fourth-order valence-corrected chi connectivity index (χ4v) is 3.92. The predicted octanol–water partition coefficient (Wildman–Crippen LogP) is 3.04. The molecular formula is C20H22N2O3. The van der Waals surface area contributed by atoms with E-state index in [0.29, 0.717) is 24.8 Å². The maximum absolute atomic E-state index is 11.7. The van der Waals surface area contributed by atoms with Crippen molar-refractivity contribution in [3.05, 3.63) is 48.0 Å². The summed E-state index contributed by atoms with van der Waals surface area (Å²) in [4.78, 5) is 18.3. The largest absolute Gasteiger partial charge is 0.478 e. The van der Waals surface area contributed by atoms with Crippen molar-refractivity contribution in [2.75, 3.05) is 18.0 Å². The van der Waals surface area contributed by atoms with Gasteiger partial charge in [0.1, 0.15) is 11.4 Å². The number of aliphatic hydroxyl groups is 1. The second-order valence-electron chi connectivity index (χ2n) is 7.29. The molecule has 2 aliphatic rings. The van der Waals surface area contributed by atoms with Crippen LogP contribution in [-0.2, 0) is 0 Å². The molecule has 2 heterocycles. The van der Waals surface area contributed by atoms with Gasteiger partial charge in [0.2, 0.25) is 0 Å². The number of aromatic carboxylic acids is 1. The van der Waals surface area contributed by atoms with E-state index in [2.05, 4.69) is 4.98 Å². The van der Waals surface area contributed by atoms with Crippen LogP contribution in [0.25, 0.3) is 11.3 Å². The quantitative estimate of drug-likeness (QED) is 0.896. The number of carbonyl (C=O) groups is 1. The first-order valence-corrected chi connectivity index (χ1v) is 8.76. The van der Waals surface area contributed by atoms with Crippen LogP contribution >= 0.6 is 0 Å². The molecule has 1 aliphatic carbocycles. The molecule has 5 nitrogen and oxygen atoms in total. The molecule has 0 bridgehead atoms. The Morgan fingerprint density at radius 2 is 1.92 bits per heavy atom. The van der Waals surface area contributed by atoms with Crippen molar-refractivity contribution in [3.63, 3.8) is 0 Å². The van der Waals surface area contributed by atoms with Gasteiger partial charge in [-0.3, -0.25) is 0 Å². The summed E-state index contributed by atoms with van der Waals surface area (Å²) >= 11 is 0. The number of benzene rings is 1. The minimum Gasteiger partial charge on any atom is -0.478 e. The van der Waals surface area contributed by atoms with Gasteiger partial charge in [-0.1, -0.05) is 37.3 Å². The highest BCUT2D eigenvalue weighted by Gasteiger charge is 2.53. The molecule has 1 saturated carbocycles. The maximum atomic E-state index is 11.7. The van der Waals surface area contributed by atoms with Gasteiger partial charge in [-0.25, -0.2) is 9.78 Å². The van der Waals surface area contributed by atoms with E-state index in [0.717, 1.165) is 24.1 Å². The van der Waals surface area contributed by atoms with Gasteiger partial charge < -0.3 is 15.1 Å². The van der Waals surface area contributed by atoms with E-state index in [1.54, 1.807) is 12.1 Å². The van der Waals surface area contributed by atoms with Gasteiger partial charge >= 0.3 is 5.97 Å². The Bertz CT molecular complexity index is 804. The van der Waals surface area contributed by atoms with Crippen LogP contribution in [0.3, 0.4) is 0 Å². The van der Waals surface area contributed by atoms with E-state index >= 15 is 0 Å². The molecule has 0 radical (unpaired) electrons. The Morgan fingerprint density at radius 3 is 2.56 bits per heavy atom. The van der Waals surface area contributed by atoms with Crippen molar-refractivity contribution in [3.8, 4) is 11.3 Å². The molecule has 25 heavy (non-hydrogen) atoms. The highest BCUT2D eigenvalue weighted by molar-refractivity contribution is 5.94. The third kappa shape index (κ3) is 2.78. The Morgan fingerprint density at radius 1 is 1.20 bits per heavy atom. The van der Waals surface area contributed by atoms with Gasteiger partial charge in [0, 0.05) is 24.6 Å². The highest BCUT2D eigenvalue weighted by atomic mass is 16.4. The van der Waals surface area contributed by atoms with E-state index in [9.17, 15) is 15.0 Å². The summed E-state index contributed by atoms with van der Waals surface area (Å²) in [5, 5.41) is 20.6. The number of hydrogen-bond donors (Lipinski definition) is 2. The van der Waals surface area contributed by atoms with E-state index < -0.39 is 11.6 Å². The lowest BCUT2D eigenvalue weighted by Gasteiger charge is -2.27. The third-order valence-corrected chi connectivity index (χ3v) is 5.55. The van der Waals surface area contributed by atoms with Gasteiger partial charge in [0.05, 0.1) is 11.3 Å². The van der Waals surface area contributed by atoms with Crippen LogP contribution < -0.4 is 4.90 Å². The van der Waals surface area contributed by atoms with Crippen LogP contribution in [-0.4, -0.2) is 39.9 Å². The lowest BCUT2D eigenvalue weighted by molar-refractivity contribution is 0.00279. The molecule has 2 aromatic rings. The van der Waals surface area contributed by atoms with Crippen LogP contribution in [0.5, 0.6) is 0 Å². The molecule has 5 heteroatoms. The average molecular weight is 338 g/mol. The van der Waals surface area contributed by atoms with Crippen molar-refractivity contribution >= 4 is 11.8 Å². The second kappa shape index (κ2) is 5.85. The Hall–Kier alpha value is -2.40. The summed E-state index contributed by atoms with van der Waals surface area (Å²) < 4.78 is 0. The van der Waals surface area contributed by atoms with Crippen LogP contribution in [0.1, 0.15) is 30.1 Å².